The van der Waals surface area contributed by atoms with E-state index in [2.05, 4.69) is 5.32 Å². The van der Waals surface area contributed by atoms with E-state index in [1.165, 1.54) is 6.08 Å². The van der Waals surface area contributed by atoms with E-state index in [-0.39, 0.29) is 5.91 Å². The van der Waals surface area contributed by atoms with Crippen molar-refractivity contribution < 1.29 is 4.79 Å². The van der Waals surface area contributed by atoms with E-state index in [4.69, 9.17) is 5.73 Å². The van der Waals surface area contributed by atoms with Crippen LogP contribution in [0.25, 0.3) is 6.08 Å². The third kappa shape index (κ3) is 4.11. The highest BCUT2D eigenvalue weighted by Gasteiger charge is 2.07. The Morgan fingerprint density at radius 2 is 1.86 bits per heavy atom. The molecule has 0 radical (unpaired) electrons. The third-order valence-electron chi connectivity index (χ3n) is 2.99. The zero-order chi connectivity index (χ0) is 15.2. The van der Waals surface area contributed by atoms with E-state index in [1.807, 2.05) is 61.5 Å². The van der Waals surface area contributed by atoms with Crippen LogP contribution in [0, 0.1) is 0 Å². The number of nitrogens with one attached hydrogen (secondary N) is 1. The van der Waals surface area contributed by atoms with Gasteiger partial charge in [0.05, 0.1) is 11.4 Å². The molecule has 21 heavy (non-hydrogen) atoms. The molecule has 0 spiro atoms. The monoisotopic (exact) mass is 281 g/mol. The first-order valence-corrected chi connectivity index (χ1v) is 6.67. The summed E-state index contributed by atoms with van der Waals surface area (Å²) in [5.74, 6) is -0.187. The predicted molar refractivity (Wildman–Crippen MR) is 89.3 cm³/mol. The van der Waals surface area contributed by atoms with Crippen LogP contribution >= 0.6 is 0 Å². The van der Waals surface area contributed by atoms with Crippen molar-refractivity contribution in [1.82, 2.24) is 0 Å². The Bertz CT molecular complexity index is 648. The highest BCUT2D eigenvalue weighted by molar-refractivity contribution is 6.04. The molecule has 0 aliphatic heterocycles. The van der Waals surface area contributed by atoms with Gasteiger partial charge in [-0.15, -0.1) is 0 Å². The van der Waals surface area contributed by atoms with Gasteiger partial charge < -0.3 is 16.0 Å². The number of benzene rings is 2. The quantitative estimate of drug-likeness (QED) is 0.669. The van der Waals surface area contributed by atoms with Crippen LogP contribution < -0.4 is 16.0 Å². The summed E-state index contributed by atoms with van der Waals surface area (Å²) in [4.78, 5) is 13.9. The number of nitrogen functional groups attached to an aromatic ring is 1. The minimum absolute atomic E-state index is 0.187. The number of carbonyl (C=O) groups is 1. The lowest BCUT2D eigenvalue weighted by atomic mass is 10.2. The second kappa shape index (κ2) is 6.61. The number of amides is 1. The average Bonchev–Trinajstić information content (AvgIpc) is 2.46. The topological polar surface area (TPSA) is 58.4 Å². The SMILES string of the molecule is CN(C)c1ccc(N)cc1NC(=O)/C=C/c1ccccc1. The van der Waals surface area contributed by atoms with Gasteiger partial charge in [0.1, 0.15) is 0 Å². The zero-order valence-electron chi connectivity index (χ0n) is 12.2. The summed E-state index contributed by atoms with van der Waals surface area (Å²) in [6.07, 6.45) is 3.29. The van der Waals surface area contributed by atoms with Gasteiger partial charge >= 0.3 is 0 Å². The van der Waals surface area contributed by atoms with E-state index >= 15 is 0 Å². The Labute approximate surface area is 124 Å². The summed E-state index contributed by atoms with van der Waals surface area (Å²) in [6, 6.07) is 15.1. The molecule has 0 saturated carbocycles. The van der Waals surface area contributed by atoms with Gasteiger partial charge in [0, 0.05) is 25.9 Å². The van der Waals surface area contributed by atoms with Crippen molar-refractivity contribution in [2.45, 2.75) is 0 Å². The van der Waals surface area contributed by atoms with Crippen LogP contribution in [0.2, 0.25) is 0 Å². The largest absolute Gasteiger partial charge is 0.399 e. The van der Waals surface area contributed by atoms with Crippen LogP contribution in [0.5, 0.6) is 0 Å². The molecule has 0 aliphatic carbocycles. The Hall–Kier alpha value is -2.75. The van der Waals surface area contributed by atoms with E-state index in [1.54, 1.807) is 12.1 Å². The number of hydrogen-bond donors (Lipinski definition) is 2. The molecule has 0 aromatic heterocycles. The van der Waals surface area contributed by atoms with Crippen LogP contribution in [0.15, 0.2) is 54.6 Å². The van der Waals surface area contributed by atoms with Crippen molar-refractivity contribution in [3.63, 3.8) is 0 Å². The lowest BCUT2D eigenvalue weighted by Gasteiger charge is -2.17. The summed E-state index contributed by atoms with van der Waals surface area (Å²) in [6.45, 7) is 0. The second-order valence-electron chi connectivity index (χ2n) is 4.90. The van der Waals surface area contributed by atoms with Crippen molar-refractivity contribution >= 4 is 29.0 Å². The summed E-state index contributed by atoms with van der Waals surface area (Å²) in [7, 11) is 3.84. The first kappa shape index (κ1) is 14.7. The van der Waals surface area contributed by atoms with Gasteiger partial charge in [0.2, 0.25) is 5.91 Å². The lowest BCUT2D eigenvalue weighted by Crippen LogP contribution is -2.15. The summed E-state index contributed by atoms with van der Waals surface area (Å²) in [5, 5.41) is 2.86. The maximum atomic E-state index is 12.0. The van der Waals surface area contributed by atoms with Crippen molar-refractivity contribution in [3.05, 3.63) is 60.2 Å². The molecule has 0 atom stereocenters. The van der Waals surface area contributed by atoms with Crippen molar-refractivity contribution in [2.75, 3.05) is 30.0 Å². The van der Waals surface area contributed by atoms with Crippen LogP contribution in [-0.2, 0) is 4.79 Å². The molecule has 0 bridgehead atoms. The minimum atomic E-state index is -0.187. The average molecular weight is 281 g/mol. The molecule has 3 N–H and O–H groups in total. The molecule has 0 saturated heterocycles. The Morgan fingerprint density at radius 1 is 1.14 bits per heavy atom. The highest BCUT2D eigenvalue weighted by atomic mass is 16.1. The van der Waals surface area contributed by atoms with Gasteiger partial charge in [-0.25, -0.2) is 0 Å². The highest BCUT2D eigenvalue weighted by Crippen LogP contribution is 2.26. The molecule has 2 aromatic carbocycles. The predicted octanol–water partition coefficient (Wildman–Crippen LogP) is 2.99. The molecule has 4 heteroatoms. The molecule has 0 unspecified atom stereocenters. The van der Waals surface area contributed by atoms with Crippen LogP contribution in [0.1, 0.15) is 5.56 Å². The normalized spacial score (nSPS) is 10.6. The summed E-state index contributed by atoms with van der Waals surface area (Å²) in [5.41, 5.74) is 8.98. The molecule has 108 valence electrons. The fourth-order valence-electron chi connectivity index (χ4n) is 1.95. The van der Waals surface area contributed by atoms with Crippen molar-refractivity contribution in [3.8, 4) is 0 Å². The van der Waals surface area contributed by atoms with Crippen LogP contribution in [-0.4, -0.2) is 20.0 Å². The van der Waals surface area contributed by atoms with Crippen molar-refractivity contribution in [1.29, 1.82) is 0 Å². The smallest absolute Gasteiger partial charge is 0.248 e. The first-order valence-electron chi connectivity index (χ1n) is 6.67. The van der Waals surface area contributed by atoms with E-state index < -0.39 is 0 Å². The molecule has 0 heterocycles. The summed E-state index contributed by atoms with van der Waals surface area (Å²) < 4.78 is 0. The molecular weight excluding hydrogens is 262 g/mol. The van der Waals surface area contributed by atoms with Gasteiger partial charge in [-0.05, 0) is 29.8 Å². The number of anilines is 3. The van der Waals surface area contributed by atoms with Gasteiger partial charge in [-0.3, -0.25) is 4.79 Å². The maximum absolute atomic E-state index is 12.0. The van der Waals surface area contributed by atoms with Gasteiger partial charge in [0.25, 0.3) is 0 Å². The fourth-order valence-corrected chi connectivity index (χ4v) is 1.95. The molecule has 0 fully saturated rings. The summed E-state index contributed by atoms with van der Waals surface area (Å²) >= 11 is 0. The maximum Gasteiger partial charge on any atom is 0.248 e. The Balaban J connectivity index is 2.13. The fraction of sp³-hybridized carbons (Fsp3) is 0.118. The Kier molecular flexibility index (Phi) is 4.61. The zero-order valence-corrected chi connectivity index (χ0v) is 12.2. The van der Waals surface area contributed by atoms with E-state index in [9.17, 15) is 4.79 Å². The second-order valence-corrected chi connectivity index (χ2v) is 4.90. The molecule has 2 aromatic rings. The number of hydrogen-bond acceptors (Lipinski definition) is 3. The molecule has 2 rings (SSSR count). The van der Waals surface area contributed by atoms with Crippen molar-refractivity contribution in [2.24, 2.45) is 0 Å². The molecule has 1 amide bonds. The standard InChI is InChI=1S/C17H19N3O/c1-20(2)16-10-9-14(18)12-15(16)19-17(21)11-8-13-6-4-3-5-7-13/h3-12H,18H2,1-2H3,(H,19,21)/b11-8+. The number of nitrogens with zero attached hydrogens (tertiary/aromatic N) is 1. The van der Waals surface area contributed by atoms with Gasteiger partial charge in [0.15, 0.2) is 0 Å². The number of rotatable bonds is 4. The van der Waals surface area contributed by atoms with Crippen LogP contribution in [0.3, 0.4) is 0 Å². The van der Waals surface area contributed by atoms with Gasteiger partial charge in [-0.2, -0.15) is 0 Å². The molecular formula is C17H19N3O. The Morgan fingerprint density at radius 3 is 2.52 bits per heavy atom. The molecule has 4 nitrogen and oxygen atoms in total. The van der Waals surface area contributed by atoms with E-state index in [0.29, 0.717) is 11.4 Å². The minimum Gasteiger partial charge on any atom is -0.399 e. The lowest BCUT2D eigenvalue weighted by molar-refractivity contribution is -0.111. The molecule has 0 aliphatic rings. The first-order chi connectivity index (χ1) is 10.1. The number of nitrogens with two attached hydrogens (primary N) is 1. The van der Waals surface area contributed by atoms with Gasteiger partial charge in [-0.1, -0.05) is 30.3 Å². The van der Waals surface area contributed by atoms with E-state index in [0.717, 1.165) is 11.3 Å². The third-order valence-corrected chi connectivity index (χ3v) is 2.99. The van der Waals surface area contributed by atoms with Crippen LogP contribution in [0.4, 0.5) is 17.1 Å². The number of carbonyl (C=O) groups excluding carboxylic acids is 1.